The highest BCUT2D eigenvalue weighted by atomic mass is 35.5. The van der Waals surface area contributed by atoms with Gasteiger partial charge < -0.3 is 17.6 Å². The summed E-state index contributed by atoms with van der Waals surface area (Å²) in [4.78, 5) is 0. The molecule has 70 valence electrons. The van der Waals surface area contributed by atoms with Crippen molar-refractivity contribution < 1.29 is 0 Å². The minimum absolute atomic E-state index is 0. The summed E-state index contributed by atoms with van der Waals surface area (Å²) in [5.41, 5.74) is 13.2. The van der Waals surface area contributed by atoms with Crippen LogP contribution < -0.4 is 17.6 Å². The van der Waals surface area contributed by atoms with E-state index in [1.807, 2.05) is 24.3 Å². The van der Waals surface area contributed by atoms with Gasteiger partial charge in [-0.05, 0) is 11.1 Å². The van der Waals surface area contributed by atoms with Gasteiger partial charge in [0, 0.05) is 13.1 Å². The van der Waals surface area contributed by atoms with Crippen LogP contribution in [0.25, 0.3) is 0 Å². The Labute approximate surface area is 79.1 Å². The summed E-state index contributed by atoms with van der Waals surface area (Å²) in [7, 11) is 0. The third-order valence-corrected chi connectivity index (χ3v) is 1.56. The van der Waals surface area contributed by atoms with Crippen molar-refractivity contribution >= 4 is 12.4 Å². The van der Waals surface area contributed by atoms with Crippen molar-refractivity contribution in [1.29, 1.82) is 0 Å². The molecular weight excluding hydrogens is 174 g/mol. The number of hydrogen-bond donors (Lipinski definition) is 3. The molecule has 0 aliphatic rings. The van der Waals surface area contributed by atoms with E-state index in [0.29, 0.717) is 13.1 Å². The maximum atomic E-state index is 5.47. The number of nitrogens with two attached hydrogens (primary N) is 2. The SMILES string of the molecule is Cl.N.NCc1ccccc1CN. The van der Waals surface area contributed by atoms with Crippen LogP contribution in [0.2, 0.25) is 0 Å². The van der Waals surface area contributed by atoms with Gasteiger partial charge in [0.05, 0.1) is 0 Å². The summed E-state index contributed by atoms with van der Waals surface area (Å²) in [6.45, 7) is 1.15. The van der Waals surface area contributed by atoms with Crippen molar-refractivity contribution in [2.75, 3.05) is 0 Å². The van der Waals surface area contributed by atoms with E-state index in [0.717, 1.165) is 11.1 Å². The first-order chi connectivity index (χ1) is 4.88. The highest BCUT2D eigenvalue weighted by Gasteiger charge is 1.94. The molecule has 0 saturated heterocycles. The number of rotatable bonds is 2. The van der Waals surface area contributed by atoms with Gasteiger partial charge in [-0.3, -0.25) is 0 Å². The minimum atomic E-state index is 0. The molecule has 0 saturated carbocycles. The van der Waals surface area contributed by atoms with Gasteiger partial charge in [-0.1, -0.05) is 24.3 Å². The van der Waals surface area contributed by atoms with Crippen LogP contribution in [-0.2, 0) is 13.1 Å². The second-order valence-corrected chi connectivity index (χ2v) is 2.18. The average molecular weight is 190 g/mol. The Hall–Kier alpha value is -0.610. The zero-order chi connectivity index (χ0) is 7.40. The van der Waals surface area contributed by atoms with Crippen LogP contribution in [0.15, 0.2) is 24.3 Å². The lowest BCUT2D eigenvalue weighted by molar-refractivity contribution is 0.980. The van der Waals surface area contributed by atoms with E-state index in [1.165, 1.54) is 0 Å². The normalized spacial score (nSPS) is 8.17. The lowest BCUT2D eigenvalue weighted by Gasteiger charge is -2.02. The quantitative estimate of drug-likeness (QED) is 0.653. The Kier molecular flexibility index (Phi) is 8.21. The third kappa shape index (κ3) is 3.19. The van der Waals surface area contributed by atoms with Gasteiger partial charge in [0.15, 0.2) is 0 Å². The van der Waals surface area contributed by atoms with E-state index in [2.05, 4.69) is 0 Å². The van der Waals surface area contributed by atoms with Crippen LogP contribution in [0.1, 0.15) is 11.1 Å². The molecule has 1 rings (SSSR count). The molecule has 0 amide bonds. The second-order valence-electron chi connectivity index (χ2n) is 2.18. The topological polar surface area (TPSA) is 87.0 Å². The van der Waals surface area contributed by atoms with Crippen molar-refractivity contribution in [3.8, 4) is 0 Å². The molecule has 1 aromatic carbocycles. The third-order valence-electron chi connectivity index (χ3n) is 1.56. The molecule has 0 heterocycles. The first-order valence-electron chi connectivity index (χ1n) is 3.35. The van der Waals surface area contributed by atoms with Crippen LogP contribution in [0.4, 0.5) is 0 Å². The van der Waals surface area contributed by atoms with Crippen LogP contribution in [0.3, 0.4) is 0 Å². The lowest BCUT2D eigenvalue weighted by atomic mass is 10.1. The number of halogens is 1. The zero-order valence-electron chi connectivity index (χ0n) is 6.99. The molecule has 0 spiro atoms. The molecule has 12 heavy (non-hydrogen) atoms. The average Bonchev–Trinajstić information content (AvgIpc) is 2.04. The predicted molar refractivity (Wildman–Crippen MR) is 54.5 cm³/mol. The first kappa shape index (κ1) is 13.9. The van der Waals surface area contributed by atoms with Crippen molar-refractivity contribution in [2.45, 2.75) is 13.1 Å². The fourth-order valence-corrected chi connectivity index (χ4v) is 0.956. The van der Waals surface area contributed by atoms with Crippen molar-refractivity contribution in [1.82, 2.24) is 6.15 Å². The predicted octanol–water partition coefficient (Wildman–Crippen LogP) is 1.19. The maximum absolute atomic E-state index is 5.47. The molecule has 4 heteroatoms. The summed E-state index contributed by atoms with van der Waals surface area (Å²) in [6.07, 6.45) is 0. The molecule has 3 nitrogen and oxygen atoms in total. The van der Waals surface area contributed by atoms with E-state index in [4.69, 9.17) is 11.5 Å². The summed E-state index contributed by atoms with van der Waals surface area (Å²) in [5, 5.41) is 0. The smallest absolute Gasteiger partial charge is 0.0181 e. The molecule has 0 radical (unpaired) electrons. The second kappa shape index (κ2) is 7.06. The Bertz CT molecular complexity index is 192. The van der Waals surface area contributed by atoms with E-state index in [9.17, 15) is 0 Å². The van der Waals surface area contributed by atoms with Gasteiger partial charge in [-0.25, -0.2) is 0 Å². The van der Waals surface area contributed by atoms with E-state index < -0.39 is 0 Å². The first-order valence-corrected chi connectivity index (χ1v) is 3.35. The molecule has 7 N–H and O–H groups in total. The van der Waals surface area contributed by atoms with Crippen LogP contribution in [0.5, 0.6) is 0 Å². The monoisotopic (exact) mass is 189 g/mol. The minimum Gasteiger partial charge on any atom is -0.344 e. The molecule has 0 fully saturated rings. The molecule has 0 unspecified atom stereocenters. The summed E-state index contributed by atoms with van der Waals surface area (Å²) in [5.74, 6) is 0. The molecule has 0 bridgehead atoms. The van der Waals surface area contributed by atoms with Crippen molar-refractivity contribution in [2.24, 2.45) is 11.5 Å². The maximum Gasteiger partial charge on any atom is 0.0181 e. The lowest BCUT2D eigenvalue weighted by Crippen LogP contribution is -2.05. The van der Waals surface area contributed by atoms with Crippen LogP contribution in [-0.4, -0.2) is 0 Å². The van der Waals surface area contributed by atoms with E-state index in [-0.39, 0.29) is 18.6 Å². The fourth-order valence-electron chi connectivity index (χ4n) is 0.956. The van der Waals surface area contributed by atoms with Gasteiger partial charge in [-0.15, -0.1) is 12.4 Å². The van der Waals surface area contributed by atoms with E-state index in [1.54, 1.807) is 0 Å². The molecule has 0 aliphatic carbocycles. The molecule has 1 aromatic rings. The molecule has 0 aliphatic heterocycles. The van der Waals surface area contributed by atoms with Crippen LogP contribution in [0, 0.1) is 0 Å². The van der Waals surface area contributed by atoms with Crippen LogP contribution >= 0.6 is 12.4 Å². The van der Waals surface area contributed by atoms with Gasteiger partial charge >= 0.3 is 0 Å². The standard InChI is InChI=1S/C8H12N2.ClH.H3N/c9-5-7-3-1-2-4-8(7)6-10;;/h1-4H,5-6,9-10H2;1H;1H3. The van der Waals surface area contributed by atoms with Gasteiger partial charge in [-0.2, -0.15) is 0 Å². The Morgan fingerprint density at radius 3 is 1.50 bits per heavy atom. The Balaban J connectivity index is 0. The summed E-state index contributed by atoms with van der Waals surface area (Å²) < 4.78 is 0. The van der Waals surface area contributed by atoms with Crippen molar-refractivity contribution in [3.63, 3.8) is 0 Å². The molecule has 0 atom stereocenters. The highest BCUT2D eigenvalue weighted by Crippen LogP contribution is 2.05. The molecule has 0 aromatic heterocycles. The van der Waals surface area contributed by atoms with Gasteiger partial charge in [0.25, 0.3) is 0 Å². The largest absolute Gasteiger partial charge is 0.344 e. The highest BCUT2D eigenvalue weighted by molar-refractivity contribution is 5.85. The van der Waals surface area contributed by atoms with Gasteiger partial charge in [0.1, 0.15) is 0 Å². The van der Waals surface area contributed by atoms with E-state index >= 15 is 0 Å². The number of benzene rings is 1. The number of hydrogen-bond acceptors (Lipinski definition) is 3. The zero-order valence-corrected chi connectivity index (χ0v) is 7.81. The summed E-state index contributed by atoms with van der Waals surface area (Å²) >= 11 is 0. The van der Waals surface area contributed by atoms with Crippen molar-refractivity contribution in [3.05, 3.63) is 35.4 Å². The fraction of sp³-hybridized carbons (Fsp3) is 0.250. The Morgan fingerprint density at radius 1 is 0.917 bits per heavy atom. The van der Waals surface area contributed by atoms with Gasteiger partial charge in [0.2, 0.25) is 0 Å². The molecular formula is C8H16ClN3. The summed E-state index contributed by atoms with van der Waals surface area (Å²) in [6, 6.07) is 7.95. The Morgan fingerprint density at radius 2 is 1.25 bits per heavy atom.